The van der Waals surface area contributed by atoms with Crippen molar-refractivity contribution in [3.05, 3.63) is 29.8 Å². The number of hydrogen-bond donors (Lipinski definition) is 1. The first kappa shape index (κ1) is 18.0. The highest BCUT2D eigenvalue weighted by Crippen LogP contribution is 2.26. The van der Waals surface area contributed by atoms with Crippen molar-refractivity contribution < 1.29 is 4.74 Å². The molecule has 0 saturated carbocycles. The first-order valence-electron chi connectivity index (χ1n) is 8.03. The van der Waals surface area contributed by atoms with Crippen LogP contribution < -0.4 is 10.5 Å². The van der Waals surface area contributed by atoms with Crippen LogP contribution in [0.2, 0.25) is 0 Å². The molecule has 0 aliphatic rings. The lowest BCUT2D eigenvalue weighted by Crippen LogP contribution is -2.37. The van der Waals surface area contributed by atoms with Crippen LogP contribution in [0.5, 0.6) is 5.75 Å². The van der Waals surface area contributed by atoms with Crippen molar-refractivity contribution in [3.8, 4) is 5.75 Å². The molecule has 0 spiro atoms. The van der Waals surface area contributed by atoms with Crippen LogP contribution in [-0.2, 0) is 0 Å². The van der Waals surface area contributed by atoms with E-state index in [-0.39, 0.29) is 12.1 Å². The Morgan fingerprint density at radius 1 is 1.14 bits per heavy atom. The maximum Gasteiger partial charge on any atom is 0.120 e. The summed E-state index contributed by atoms with van der Waals surface area (Å²) >= 11 is 0. The van der Waals surface area contributed by atoms with Crippen LogP contribution in [0.1, 0.15) is 52.6 Å². The summed E-state index contributed by atoms with van der Waals surface area (Å²) in [6.45, 7) is 11.5. The minimum atomic E-state index is 0.189. The molecule has 21 heavy (non-hydrogen) atoms. The van der Waals surface area contributed by atoms with Crippen LogP contribution in [0.3, 0.4) is 0 Å². The number of rotatable bonds is 8. The fourth-order valence-corrected chi connectivity index (χ4v) is 2.76. The van der Waals surface area contributed by atoms with Crippen LogP contribution in [0, 0.1) is 5.92 Å². The van der Waals surface area contributed by atoms with Crippen molar-refractivity contribution in [1.29, 1.82) is 0 Å². The molecule has 0 aromatic heterocycles. The Labute approximate surface area is 130 Å². The van der Waals surface area contributed by atoms with Crippen LogP contribution in [-0.4, -0.2) is 30.6 Å². The van der Waals surface area contributed by atoms with Gasteiger partial charge in [0.25, 0.3) is 0 Å². The first-order chi connectivity index (χ1) is 9.85. The fourth-order valence-electron chi connectivity index (χ4n) is 2.76. The second-order valence-corrected chi connectivity index (χ2v) is 6.63. The zero-order chi connectivity index (χ0) is 16.0. The molecule has 1 aromatic carbocycles. The summed E-state index contributed by atoms with van der Waals surface area (Å²) in [5.74, 6) is 1.61. The van der Waals surface area contributed by atoms with Crippen molar-refractivity contribution in [2.24, 2.45) is 11.7 Å². The molecule has 1 aromatic rings. The second-order valence-electron chi connectivity index (χ2n) is 6.63. The van der Waals surface area contributed by atoms with E-state index in [1.165, 1.54) is 12.0 Å². The Kier molecular flexibility index (Phi) is 7.20. The van der Waals surface area contributed by atoms with E-state index in [0.29, 0.717) is 18.5 Å². The lowest BCUT2D eigenvalue weighted by Gasteiger charge is -2.34. The van der Waals surface area contributed by atoms with Crippen LogP contribution in [0.4, 0.5) is 0 Å². The average Bonchev–Trinajstić information content (AvgIpc) is 2.38. The Morgan fingerprint density at radius 2 is 1.81 bits per heavy atom. The molecule has 0 aliphatic heterocycles. The fraction of sp³-hybridized carbons (Fsp3) is 0.667. The van der Waals surface area contributed by atoms with Crippen molar-refractivity contribution >= 4 is 0 Å². The molecule has 2 atom stereocenters. The average molecular weight is 292 g/mol. The molecule has 0 aliphatic carbocycles. The van der Waals surface area contributed by atoms with E-state index in [0.717, 1.165) is 5.75 Å². The third kappa shape index (κ3) is 5.68. The summed E-state index contributed by atoms with van der Waals surface area (Å²) in [5.41, 5.74) is 7.27. The van der Waals surface area contributed by atoms with Crippen molar-refractivity contribution in [2.75, 3.05) is 13.6 Å². The zero-order valence-electron chi connectivity index (χ0n) is 14.5. The third-order valence-electron chi connectivity index (χ3n) is 3.84. The molecule has 120 valence electrons. The van der Waals surface area contributed by atoms with E-state index in [2.05, 4.69) is 50.9 Å². The summed E-state index contributed by atoms with van der Waals surface area (Å²) in [5, 5.41) is 0. The zero-order valence-corrected chi connectivity index (χ0v) is 14.5. The number of benzene rings is 1. The summed E-state index contributed by atoms with van der Waals surface area (Å²) in [7, 11) is 2.17. The highest BCUT2D eigenvalue weighted by atomic mass is 16.5. The second kappa shape index (κ2) is 8.40. The summed E-state index contributed by atoms with van der Waals surface area (Å²) < 4.78 is 5.79. The largest absolute Gasteiger partial charge is 0.491 e. The number of ether oxygens (including phenoxy) is 1. The van der Waals surface area contributed by atoms with Gasteiger partial charge in [0.2, 0.25) is 0 Å². The summed E-state index contributed by atoms with van der Waals surface area (Å²) in [6.07, 6.45) is 1.36. The number of likely N-dealkylation sites (N-methyl/N-ethyl adjacent to an activating group) is 1. The van der Waals surface area contributed by atoms with Gasteiger partial charge in [0.05, 0.1) is 6.10 Å². The van der Waals surface area contributed by atoms with Gasteiger partial charge in [-0.25, -0.2) is 0 Å². The highest BCUT2D eigenvalue weighted by molar-refractivity contribution is 5.31. The van der Waals surface area contributed by atoms with Gasteiger partial charge in [-0.1, -0.05) is 26.0 Å². The first-order valence-corrected chi connectivity index (χ1v) is 8.03. The Balaban J connectivity index is 2.88. The van der Waals surface area contributed by atoms with Gasteiger partial charge < -0.3 is 10.5 Å². The maximum absolute atomic E-state index is 6.04. The van der Waals surface area contributed by atoms with Gasteiger partial charge >= 0.3 is 0 Å². The topological polar surface area (TPSA) is 38.5 Å². The molecule has 0 fully saturated rings. The number of nitrogens with zero attached hydrogens (tertiary/aromatic N) is 1. The normalized spacial score (nSPS) is 14.8. The van der Waals surface area contributed by atoms with Crippen molar-refractivity contribution in [2.45, 2.75) is 59.2 Å². The molecule has 0 saturated heterocycles. The van der Waals surface area contributed by atoms with Crippen molar-refractivity contribution in [1.82, 2.24) is 4.90 Å². The Bertz CT molecular complexity index is 417. The van der Waals surface area contributed by atoms with E-state index in [1.54, 1.807) is 0 Å². The van der Waals surface area contributed by atoms with E-state index in [1.807, 2.05) is 19.9 Å². The molecule has 3 heteroatoms. The lowest BCUT2D eigenvalue weighted by atomic mass is 9.99. The monoisotopic (exact) mass is 292 g/mol. The van der Waals surface area contributed by atoms with Gasteiger partial charge in [-0.05, 0) is 57.9 Å². The van der Waals surface area contributed by atoms with Crippen LogP contribution in [0.25, 0.3) is 0 Å². The molecule has 2 unspecified atom stereocenters. The number of nitrogens with two attached hydrogens (primary N) is 1. The quantitative estimate of drug-likeness (QED) is 0.791. The minimum absolute atomic E-state index is 0.189. The summed E-state index contributed by atoms with van der Waals surface area (Å²) in [6, 6.07) is 9.06. The molecule has 0 radical (unpaired) electrons. The molecule has 0 bridgehead atoms. The van der Waals surface area contributed by atoms with Gasteiger partial charge in [-0.3, -0.25) is 4.90 Å². The van der Waals surface area contributed by atoms with Gasteiger partial charge in [-0.2, -0.15) is 0 Å². The smallest absolute Gasteiger partial charge is 0.120 e. The third-order valence-corrected chi connectivity index (χ3v) is 3.84. The Hall–Kier alpha value is -1.06. The van der Waals surface area contributed by atoms with Gasteiger partial charge in [0.1, 0.15) is 5.75 Å². The molecule has 3 nitrogen and oxygen atoms in total. The molecule has 1 rings (SSSR count). The molecule has 2 N–H and O–H groups in total. The SMILES string of the molecule is CC(C)CC(C)N(C)C(CN)c1cccc(OC(C)C)c1. The molecule has 0 amide bonds. The molecular formula is C18H32N2O. The van der Waals surface area contributed by atoms with Gasteiger partial charge in [-0.15, -0.1) is 0 Å². The predicted octanol–water partition coefficient (Wildman–Crippen LogP) is 3.84. The van der Waals surface area contributed by atoms with E-state index < -0.39 is 0 Å². The number of hydrogen-bond acceptors (Lipinski definition) is 3. The maximum atomic E-state index is 6.04. The predicted molar refractivity (Wildman–Crippen MR) is 90.7 cm³/mol. The van der Waals surface area contributed by atoms with E-state index >= 15 is 0 Å². The Morgan fingerprint density at radius 3 is 2.33 bits per heavy atom. The molecular weight excluding hydrogens is 260 g/mol. The van der Waals surface area contributed by atoms with Crippen LogP contribution in [0.15, 0.2) is 24.3 Å². The van der Waals surface area contributed by atoms with Gasteiger partial charge in [0.15, 0.2) is 0 Å². The highest BCUT2D eigenvalue weighted by Gasteiger charge is 2.21. The van der Waals surface area contributed by atoms with Gasteiger partial charge in [0, 0.05) is 18.6 Å². The standard InChI is InChI=1S/C18H32N2O/c1-13(2)10-15(5)20(6)18(12-19)16-8-7-9-17(11-16)21-14(3)4/h7-9,11,13-15,18H,10,12,19H2,1-6H3. The molecule has 0 heterocycles. The minimum Gasteiger partial charge on any atom is -0.491 e. The van der Waals surface area contributed by atoms with Crippen molar-refractivity contribution in [3.63, 3.8) is 0 Å². The van der Waals surface area contributed by atoms with E-state index in [4.69, 9.17) is 10.5 Å². The van der Waals surface area contributed by atoms with E-state index in [9.17, 15) is 0 Å². The van der Waals surface area contributed by atoms with Crippen LogP contribution >= 0.6 is 0 Å². The summed E-state index contributed by atoms with van der Waals surface area (Å²) in [4.78, 5) is 2.38. The lowest BCUT2D eigenvalue weighted by molar-refractivity contribution is 0.168.